The van der Waals surface area contributed by atoms with Gasteiger partial charge < -0.3 is 10.8 Å². The quantitative estimate of drug-likeness (QED) is 0.716. The Hall–Kier alpha value is -1.61. The van der Waals surface area contributed by atoms with Crippen LogP contribution < -0.4 is 5.73 Å². The highest BCUT2D eigenvalue weighted by molar-refractivity contribution is 5.89. The number of aryl methyl sites for hydroxylation is 1. The van der Waals surface area contributed by atoms with E-state index in [9.17, 15) is 5.11 Å². The van der Waals surface area contributed by atoms with Crippen LogP contribution >= 0.6 is 0 Å². The number of aromatic hydroxyl groups is 1. The predicted octanol–water partition coefficient (Wildman–Crippen LogP) is 1.71. The third-order valence-corrected chi connectivity index (χ3v) is 2.44. The van der Waals surface area contributed by atoms with Crippen molar-refractivity contribution in [3.63, 3.8) is 0 Å². The summed E-state index contributed by atoms with van der Waals surface area (Å²) in [5.41, 5.74) is 7.33. The Morgan fingerprint density at radius 2 is 2.07 bits per heavy atom. The number of nitrogens with zero attached hydrogens (tertiary/aromatic N) is 1. The summed E-state index contributed by atoms with van der Waals surface area (Å²) in [5, 5.41) is 11.6. The molecule has 0 saturated heterocycles. The largest absolute Gasteiger partial charge is 0.508 e. The van der Waals surface area contributed by atoms with Crippen molar-refractivity contribution in [1.82, 2.24) is 4.98 Å². The fourth-order valence-electron chi connectivity index (χ4n) is 1.67. The van der Waals surface area contributed by atoms with Crippen LogP contribution in [0, 0.1) is 6.92 Å². The van der Waals surface area contributed by atoms with Gasteiger partial charge in [0.25, 0.3) is 0 Å². The highest BCUT2D eigenvalue weighted by atomic mass is 16.3. The monoisotopic (exact) mass is 188 g/mol. The smallest absolute Gasteiger partial charge is 0.120 e. The minimum atomic E-state index is 0.255. The maximum Gasteiger partial charge on any atom is 0.120 e. The Balaban J connectivity index is 2.88. The molecular formula is C11H12N2O. The van der Waals surface area contributed by atoms with Gasteiger partial charge in [-0.3, -0.25) is 4.98 Å². The van der Waals surface area contributed by atoms with Gasteiger partial charge in [-0.15, -0.1) is 0 Å². The van der Waals surface area contributed by atoms with Gasteiger partial charge in [-0.05, 0) is 30.5 Å². The van der Waals surface area contributed by atoms with Crippen LogP contribution in [-0.4, -0.2) is 10.1 Å². The lowest BCUT2D eigenvalue weighted by Crippen LogP contribution is -1.98. The molecule has 0 amide bonds. The Morgan fingerprint density at radius 1 is 1.29 bits per heavy atom. The molecule has 0 fully saturated rings. The Kier molecular flexibility index (Phi) is 2.09. The van der Waals surface area contributed by atoms with E-state index < -0.39 is 0 Å². The molecule has 3 nitrogen and oxygen atoms in total. The third-order valence-electron chi connectivity index (χ3n) is 2.44. The molecule has 14 heavy (non-hydrogen) atoms. The fourth-order valence-corrected chi connectivity index (χ4v) is 1.67. The second kappa shape index (κ2) is 3.27. The first kappa shape index (κ1) is 8.97. The zero-order valence-corrected chi connectivity index (χ0v) is 7.99. The van der Waals surface area contributed by atoms with Gasteiger partial charge in [-0.25, -0.2) is 0 Å². The van der Waals surface area contributed by atoms with Crippen molar-refractivity contribution in [3.05, 3.63) is 35.7 Å². The second-order valence-electron chi connectivity index (χ2n) is 3.26. The first-order chi connectivity index (χ1) is 6.74. The first-order valence-electron chi connectivity index (χ1n) is 4.50. The van der Waals surface area contributed by atoms with Crippen molar-refractivity contribution in [2.24, 2.45) is 5.73 Å². The maximum absolute atomic E-state index is 9.60. The van der Waals surface area contributed by atoms with E-state index in [1.807, 2.05) is 19.1 Å². The van der Waals surface area contributed by atoms with Crippen LogP contribution in [0.3, 0.4) is 0 Å². The van der Waals surface area contributed by atoms with E-state index in [1.54, 1.807) is 12.3 Å². The molecule has 2 rings (SSSR count). The van der Waals surface area contributed by atoms with E-state index in [-0.39, 0.29) is 5.75 Å². The summed E-state index contributed by atoms with van der Waals surface area (Å²) in [6.45, 7) is 2.28. The minimum Gasteiger partial charge on any atom is -0.508 e. The van der Waals surface area contributed by atoms with Crippen molar-refractivity contribution < 1.29 is 5.11 Å². The Labute approximate surface area is 82.2 Å². The molecule has 0 radical (unpaired) electrons. The number of phenols is 1. The van der Waals surface area contributed by atoms with Gasteiger partial charge in [0.2, 0.25) is 0 Å². The molecule has 0 unspecified atom stereocenters. The Bertz CT molecular complexity index is 480. The molecule has 72 valence electrons. The molecule has 0 aliphatic carbocycles. The summed E-state index contributed by atoms with van der Waals surface area (Å²) in [6, 6.07) is 5.41. The van der Waals surface area contributed by atoms with Crippen LogP contribution in [0.25, 0.3) is 10.8 Å². The lowest BCUT2D eigenvalue weighted by molar-refractivity contribution is 0.469. The average Bonchev–Trinajstić information content (AvgIpc) is 2.18. The number of fused-ring (bicyclic) bond motifs is 1. The third kappa shape index (κ3) is 1.22. The van der Waals surface area contributed by atoms with Gasteiger partial charge >= 0.3 is 0 Å². The summed E-state index contributed by atoms with van der Waals surface area (Å²) >= 11 is 0. The van der Waals surface area contributed by atoms with Crippen molar-refractivity contribution in [2.75, 3.05) is 0 Å². The van der Waals surface area contributed by atoms with Crippen LogP contribution in [0.5, 0.6) is 5.75 Å². The number of aromatic nitrogens is 1. The van der Waals surface area contributed by atoms with Crippen LogP contribution in [0.15, 0.2) is 24.4 Å². The normalized spacial score (nSPS) is 10.7. The molecule has 0 aliphatic heterocycles. The maximum atomic E-state index is 9.60. The van der Waals surface area contributed by atoms with E-state index in [0.717, 1.165) is 22.0 Å². The molecule has 1 aromatic heterocycles. The summed E-state index contributed by atoms with van der Waals surface area (Å²) in [4.78, 5) is 4.19. The highest BCUT2D eigenvalue weighted by Gasteiger charge is 2.06. The lowest BCUT2D eigenvalue weighted by Gasteiger charge is -2.07. The molecule has 0 bridgehead atoms. The molecule has 3 N–H and O–H groups in total. The predicted molar refractivity (Wildman–Crippen MR) is 56.0 cm³/mol. The Morgan fingerprint density at radius 3 is 2.79 bits per heavy atom. The van der Waals surface area contributed by atoms with E-state index in [1.165, 1.54) is 0 Å². The van der Waals surface area contributed by atoms with Crippen LogP contribution in [0.2, 0.25) is 0 Å². The summed E-state index contributed by atoms with van der Waals surface area (Å²) < 4.78 is 0. The number of hydrogen-bond acceptors (Lipinski definition) is 3. The number of pyridine rings is 1. The van der Waals surface area contributed by atoms with Crippen LogP contribution in [-0.2, 0) is 6.54 Å². The van der Waals surface area contributed by atoms with Crippen LogP contribution in [0.4, 0.5) is 0 Å². The van der Waals surface area contributed by atoms with Gasteiger partial charge in [0, 0.05) is 29.4 Å². The molecule has 0 spiro atoms. The average molecular weight is 188 g/mol. The van der Waals surface area contributed by atoms with Gasteiger partial charge in [-0.2, -0.15) is 0 Å². The highest BCUT2D eigenvalue weighted by Crippen LogP contribution is 2.27. The van der Waals surface area contributed by atoms with Gasteiger partial charge in [0.1, 0.15) is 5.75 Å². The van der Waals surface area contributed by atoms with Gasteiger partial charge in [0.15, 0.2) is 0 Å². The zero-order valence-electron chi connectivity index (χ0n) is 7.99. The topological polar surface area (TPSA) is 59.1 Å². The van der Waals surface area contributed by atoms with Crippen molar-refractivity contribution in [2.45, 2.75) is 13.5 Å². The van der Waals surface area contributed by atoms with Gasteiger partial charge in [0.05, 0.1) is 0 Å². The number of hydrogen-bond donors (Lipinski definition) is 2. The fraction of sp³-hybridized carbons (Fsp3) is 0.182. The number of nitrogens with two attached hydrogens (primary N) is 1. The SMILES string of the molecule is Cc1nccc2c(CN)c(O)ccc12. The number of benzene rings is 1. The second-order valence-corrected chi connectivity index (χ2v) is 3.26. The van der Waals surface area contributed by atoms with Gasteiger partial charge in [-0.1, -0.05) is 0 Å². The lowest BCUT2D eigenvalue weighted by atomic mass is 10.0. The molecule has 1 heterocycles. The minimum absolute atomic E-state index is 0.255. The van der Waals surface area contributed by atoms with Crippen molar-refractivity contribution >= 4 is 10.8 Å². The standard InChI is InChI=1S/C11H12N2O/c1-7-8-2-3-11(14)10(6-12)9(8)4-5-13-7/h2-5,14H,6,12H2,1H3. The van der Waals surface area contributed by atoms with E-state index in [0.29, 0.717) is 6.54 Å². The molecule has 0 aliphatic rings. The van der Waals surface area contributed by atoms with Crippen molar-refractivity contribution in [1.29, 1.82) is 0 Å². The van der Waals surface area contributed by atoms with Crippen LogP contribution in [0.1, 0.15) is 11.3 Å². The number of rotatable bonds is 1. The van der Waals surface area contributed by atoms with E-state index in [4.69, 9.17) is 5.73 Å². The number of phenolic OH excluding ortho intramolecular Hbond substituents is 1. The molecular weight excluding hydrogens is 176 g/mol. The summed E-state index contributed by atoms with van der Waals surface area (Å²) in [5.74, 6) is 0.255. The molecule has 0 atom stereocenters. The molecule has 3 heteroatoms. The molecule has 1 aromatic carbocycles. The zero-order chi connectivity index (χ0) is 10.1. The molecule has 2 aromatic rings. The molecule has 0 saturated carbocycles. The summed E-state index contributed by atoms with van der Waals surface area (Å²) in [7, 11) is 0. The van der Waals surface area contributed by atoms with E-state index in [2.05, 4.69) is 4.98 Å². The van der Waals surface area contributed by atoms with E-state index >= 15 is 0 Å². The first-order valence-corrected chi connectivity index (χ1v) is 4.50. The van der Waals surface area contributed by atoms with Crippen molar-refractivity contribution in [3.8, 4) is 5.75 Å². The summed E-state index contributed by atoms with van der Waals surface area (Å²) in [6.07, 6.45) is 1.73.